The van der Waals surface area contributed by atoms with Crippen LogP contribution in [0.3, 0.4) is 0 Å². The van der Waals surface area contributed by atoms with Crippen LogP contribution in [0, 0.1) is 0 Å². The largest absolute Gasteiger partial charge is 0.345 e. The van der Waals surface area contributed by atoms with Crippen molar-refractivity contribution < 1.29 is 0 Å². The third-order valence-corrected chi connectivity index (χ3v) is 6.19. The molecule has 0 bridgehead atoms. The van der Waals surface area contributed by atoms with Crippen molar-refractivity contribution in [1.82, 2.24) is 19.2 Å². The van der Waals surface area contributed by atoms with Gasteiger partial charge in [-0.25, -0.2) is 9.48 Å². The van der Waals surface area contributed by atoms with Crippen LogP contribution in [0.25, 0.3) is 0 Å². The molecule has 0 atom stereocenters. The van der Waals surface area contributed by atoms with Crippen LogP contribution in [0.5, 0.6) is 0 Å². The van der Waals surface area contributed by atoms with Gasteiger partial charge in [-0.1, -0.05) is 49.6 Å². The molecule has 0 N–H and O–H groups in total. The number of hydrogen-bond donors (Lipinski definition) is 0. The molecule has 2 aromatic rings. The summed E-state index contributed by atoms with van der Waals surface area (Å²) < 4.78 is 3.48. The predicted octanol–water partition coefficient (Wildman–Crippen LogP) is 3.14. The maximum absolute atomic E-state index is 12.7. The Morgan fingerprint density at radius 3 is 2.35 bits per heavy atom. The van der Waals surface area contributed by atoms with Crippen LogP contribution in [0.1, 0.15) is 62.4 Å². The number of likely N-dealkylation sites (tertiary alicyclic amines) is 1. The zero-order valence-corrected chi connectivity index (χ0v) is 15.8. The van der Waals surface area contributed by atoms with E-state index in [4.69, 9.17) is 0 Å². The zero-order chi connectivity index (χ0) is 17.9. The maximum atomic E-state index is 12.7. The first-order chi connectivity index (χ1) is 12.7. The second-order valence-corrected chi connectivity index (χ2v) is 7.91. The molecule has 2 heterocycles. The fraction of sp³-hybridized carbons (Fsp3) is 0.619. The van der Waals surface area contributed by atoms with Gasteiger partial charge in [0.05, 0.1) is 0 Å². The number of benzene rings is 1. The van der Waals surface area contributed by atoms with Crippen LogP contribution < -0.4 is 5.69 Å². The van der Waals surface area contributed by atoms with Crippen LogP contribution in [0.15, 0.2) is 35.1 Å². The van der Waals surface area contributed by atoms with E-state index in [1.54, 1.807) is 7.05 Å². The van der Waals surface area contributed by atoms with Gasteiger partial charge in [0.25, 0.3) is 0 Å². The Labute approximate surface area is 155 Å². The summed E-state index contributed by atoms with van der Waals surface area (Å²) in [4.78, 5) is 15.4. The standard InChI is InChI=1S/C21H30N4O/c1-23-21(26)25(20(22-23)16-17-8-4-2-5-9-17)19-12-14-24(15-13-19)18-10-6-3-7-11-18/h2,4-5,8-9,18-19H,3,6-7,10-16H2,1H3. The molecular weight excluding hydrogens is 324 g/mol. The van der Waals surface area contributed by atoms with E-state index in [1.807, 2.05) is 22.8 Å². The Morgan fingerprint density at radius 1 is 0.962 bits per heavy atom. The average molecular weight is 354 g/mol. The number of hydrogen-bond acceptors (Lipinski definition) is 3. The van der Waals surface area contributed by atoms with Crippen LogP contribution in [-0.2, 0) is 13.5 Å². The molecular formula is C21H30N4O. The quantitative estimate of drug-likeness (QED) is 0.847. The van der Waals surface area contributed by atoms with Gasteiger partial charge < -0.3 is 4.90 Å². The molecule has 0 unspecified atom stereocenters. The number of rotatable bonds is 4. The highest BCUT2D eigenvalue weighted by molar-refractivity contribution is 5.19. The molecule has 1 saturated heterocycles. The van der Waals surface area contributed by atoms with Gasteiger partial charge in [0.15, 0.2) is 0 Å². The summed E-state index contributed by atoms with van der Waals surface area (Å²) in [5.41, 5.74) is 1.24. The van der Waals surface area contributed by atoms with Crippen LogP contribution in [0.2, 0.25) is 0 Å². The van der Waals surface area contributed by atoms with E-state index in [1.165, 1.54) is 42.3 Å². The molecule has 0 radical (unpaired) electrons. The summed E-state index contributed by atoms with van der Waals surface area (Å²) >= 11 is 0. The fourth-order valence-corrected chi connectivity index (χ4v) is 4.75. The van der Waals surface area contributed by atoms with E-state index in [0.717, 1.165) is 44.2 Å². The highest BCUT2D eigenvalue weighted by atomic mass is 16.2. The molecule has 2 aliphatic rings. The van der Waals surface area contributed by atoms with Crippen molar-refractivity contribution in [2.24, 2.45) is 7.05 Å². The second-order valence-electron chi connectivity index (χ2n) is 7.91. The molecule has 1 aromatic heterocycles. The number of aryl methyl sites for hydroxylation is 1. The molecule has 0 amide bonds. The Hall–Kier alpha value is -1.88. The third-order valence-electron chi connectivity index (χ3n) is 6.19. The van der Waals surface area contributed by atoms with Crippen LogP contribution in [0.4, 0.5) is 0 Å². The van der Waals surface area contributed by atoms with Crippen LogP contribution in [-0.4, -0.2) is 38.4 Å². The average Bonchev–Trinajstić information content (AvgIpc) is 2.97. The van der Waals surface area contributed by atoms with Crippen molar-refractivity contribution in [2.75, 3.05) is 13.1 Å². The Morgan fingerprint density at radius 2 is 1.65 bits per heavy atom. The zero-order valence-electron chi connectivity index (χ0n) is 15.8. The lowest BCUT2D eigenvalue weighted by Gasteiger charge is -2.39. The maximum Gasteiger partial charge on any atom is 0.345 e. The van der Waals surface area contributed by atoms with Crippen molar-refractivity contribution in [3.8, 4) is 0 Å². The molecule has 0 spiro atoms. The Kier molecular flexibility index (Phi) is 5.25. The van der Waals surface area contributed by atoms with Gasteiger partial charge in [-0.05, 0) is 31.2 Å². The molecule has 140 valence electrons. The summed E-state index contributed by atoms with van der Waals surface area (Å²) in [5, 5.41) is 4.54. The minimum Gasteiger partial charge on any atom is -0.300 e. The van der Waals surface area contributed by atoms with Crippen molar-refractivity contribution >= 4 is 0 Å². The highest BCUT2D eigenvalue weighted by Crippen LogP contribution is 2.29. The molecule has 2 fully saturated rings. The summed E-state index contributed by atoms with van der Waals surface area (Å²) in [6.45, 7) is 2.23. The molecule has 1 saturated carbocycles. The van der Waals surface area contributed by atoms with E-state index in [0.29, 0.717) is 0 Å². The van der Waals surface area contributed by atoms with Crippen molar-refractivity contribution in [2.45, 2.75) is 63.5 Å². The highest BCUT2D eigenvalue weighted by Gasteiger charge is 2.29. The molecule has 1 aliphatic carbocycles. The van der Waals surface area contributed by atoms with Gasteiger partial charge >= 0.3 is 5.69 Å². The van der Waals surface area contributed by atoms with Crippen LogP contribution >= 0.6 is 0 Å². The van der Waals surface area contributed by atoms with Crippen molar-refractivity contribution in [1.29, 1.82) is 0 Å². The van der Waals surface area contributed by atoms with E-state index >= 15 is 0 Å². The fourth-order valence-electron chi connectivity index (χ4n) is 4.75. The lowest BCUT2D eigenvalue weighted by molar-refractivity contribution is 0.107. The second kappa shape index (κ2) is 7.78. The SMILES string of the molecule is Cn1nc(Cc2ccccc2)n(C2CCN(C3CCCCC3)CC2)c1=O. The summed E-state index contributed by atoms with van der Waals surface area (Å²) in [6, 6.07) is 11.4. The van der Waals surface area contributed by atoms with Gasteiger partial charge in [-0.3, -0.25) is 4.57 Å². The number of aromatic nitrogens is 3. The lowest BCUT2D eigenvalue weighted by atomic mass is 9.92. The van der Waals surface area contributed by atoms with Crippen molar-refractivity contribution in [3.63, 3.8) is 0 Å². The third kappa shape index (κ3) is 3.63. The first-order valence-corrected chi connectivity index (χ1v) is 10.1. The van der Waals surface area contributed by atoms with Gasteiger partial charge in [-0.2, -0.15) is 5.10 Å². The number of piperidine rings is 1. The van der Waals surface area contributed by atoms with E-state index in [2.05, 4.69) is 22.1 Å². The molecule has 1 aliphatic heterocycles. The van der Waals surface area contributed by atoms with Gasteiger partial charge in [-0.15, -0.1) is 0 Å². The van der Waals surface area contributed by atoms with E-state index in [-0.39, 0.29) is 11.7 Å². The molecule has 4 rings (SSSR count). The van der Waals surface area contributed by atoms with Gasteiger partial charge in [0, 0.05) is 38.6 Å². The van der Waals surface area contributed by atoms with E-state index < -0.39 is 0 Å². The summed E-state index contributed by atoms with van der Waals surface area (Å²) in [7, 11) is 1.77. The summed E-state index contributed by atoms with van der Waals surface area (Å²) in [5.74, 6) is 0.903. The molecule has 5 nitrogen and oxygen atoms in total. The minimum atomic E-state index is 0.0343. The van der Waals surface area contributed by atoms with Gasteiger partial charge in [0.2, 0.25) is 0 Å². The van der Waals surface area contributed by atoms with Crippen molar-refractivity contribution in [3.05, 3.63) is 52.2 Å². The van der Waals surface area contributed by atoms with Gasteiger partial charge in [0.1, 0.15) is 5.82 Å². The first-order valence-electron chi connectivity index (χ1n) is 10.1. The Balaban J connectivity index is 1.48. The lowest BCUT2D eigenvalue weighted by Crippen LogP contribution is -2.44. The topological polar surface area (TPSA) is 43.1 Å². The number of nitrogens with zero attached hydrogens (tertiary/aromatic N) is 4. The molecule has 1 aromatic carbocycles. The van der Waals surface area contributed by atoms with E-state index in [9.17, 15) is 4.79 Å². The normalized spacial score (nSPS) is 20.5. The monoisotopic (exact) mass is 354 g/mol. The smallest absolute Gasteiger partial charge is 0.300 e. The minimum absolute atomic E-state index is 0.0343. The molecule has 26 heavy (non-hydrogen) atoms. The first kappa shape index (κ1) is 17.5. The summed E-state index contributed by atoms with van der Waals surface area (Å²) in [6.07, 6.45) is 9.73. The molecule has 5 heteroatoms. The Bertz CT molecular complexity index is 765. The predicted molar refractivity (Wildman–Crippen MR) is 103 cm³/mol.